The molecule has 0 heterocycles. The van der Waals surface area contributed by atoms with Crippen molar-refractivity contribution in [1.29, 1.82) is 0 Å². The molecule has 0 spiro atoms. The Morgan fingerprint density at radius 2 is 1.82 bits per heavy atom. The summed E-state index contributed by atoms with van der Waals surface area (Å²) in [7, 11) is 3.20. The largest absolute Gasteiger partial charge is 0.547 e. The quantitative estimate of drug-likeness (QED) is 0.693. The van der Waals surface area contributed by atoms with Crippen molar-refractivity contribution in [3.05, 3.63) is 7.11 Å². The van der Waals surface area contributed by atoms with Crippen molar-refractivity contribution in [2.24, 2.45) is 5.41 Å². The molecular weight excluding hydrogens is 355 g/mol. The summed E-state index contributed by atoms with van der Waals surface area (Å²) in [5.41, 5.74) is -0.322. The van der Waals surface area contributed by atoms with Gasteiger partial charge in [0.05, 0.1) is 6.10 Å². The second-order valence-corrected chi connectivity index (χ2v) is 3.42. The molecule has 0 fully saturated rings. The van der Waals surface area contributed by atoms with E-state index in [2.05, 4.69) is 11.8 Å². The van der Waals surface area contributed by atoms with Crippen molar-refractivity contribution in [1.82, 2.24) is 0 Å². The molecule has 0 bridgehead atoms. The van der Waals surface area contributed by atoms with Crippen LogP contribution in [-0.4, -0.2) is 11.9 Å². The second kappa shape index (κ2) is 5.67. The predicted octanol–water partition coefficient (Wildman–Crippen LogP) is 1.80. The molecule has 0 aliphatic carbocycles. The molecule has 11 heavy (non-hydrogen) atoms. The van der Waals surface area contributed by atoms with Gasteiger partial charge in [-0.2, -0.15) is 0 Å². The summed E-state index contributed by atoms with van der Waals surface area (Å²) in [5.74, 6) is 0.0856. The molecule has 1 atom stereocenters. The van der Waals surface area contributed by atoms with Gasteiger partial charge in [0.25, 0.3) is 0 Å². The Morgan fingerprint density at radius 3 is 1.91 bits per heavy atom. The number of hydrogen-bond acceptors (Lipinski definition) is 2. The van der Waals surface area contributed by atoms with Crippen LogP contribution in [0.15, 0.2) is 0 Å². The Morgan fingerprint density at radius 1 is 1.45 bits per heavy atom. The van der Waals surface area contributed by atoms with Gasteiger partial charge in [-0.15, -0.1) is 0 Å². The zero-order valence-electron chi connectivity index (χ0n) is 7.68. The van der Waals surface area contributed by atoms with Crippen LogP contribution in [0.25, 0.3) is 0 Å². The van der Waals surface area contributed by atoms with Gasteiger partial charge in [-0.05, 0) is 6.92 Å². The third-order valence-corrected chi connectivity index (χ3v) is 1.36. The molecule has 0 rings (SSSR count). The molecule has 0 saturated heterocycles. The van der Waals surface area contributed by atoms with Crippen molar-refractivity contribution in [2.45, 2.75) is 33.8 Å². The molecule has 1 radical (unpaired) electrons. The number of carbonyl (C=O) groups excluding carboxylic acids is 1. The number of rotatable bonds is 2. The Hall–Kier alpha value is 1.07. The van der Waals surface area contributed by atoms with E-state index >= 15 is 0 Å². The second-order valence-electron chi connectivity index (χ2n) is 3.42. The summed E-state index contributed by atoms with van der Waals surface area (Å²) in [6.07, 6.45) is -0.389. The van der Waals surface area contributed by atoms with E-state index in [0.717, 1.165) is 0 Å². The van der Waals surface area contributed by atoms with Gasteiger partial charge in [-0.25, -0.2) is 7.11 Å². The van der Waals surface area contributed by atoms with Crippen molar-refractivity contribution in [2.75, 3.05) is 0 Å². The molecule has 0 N–H and O–H groups in total. The van der Waals surface area contributed by atoms with E-state index < -0.39 is 0 Å². The van der Waals surface area contributed by atoms with E-state index in [4.69, 9.17) is 0 Å². The zero-order valence-corrected chi connectivity index (χ0v) is 12.4. The fraction of sp³-hybridized carbons (Fsp3) is 0.750. The molecule has 1 unspecified atom stereocenters. The summed E-state index contributed by atoms with van der Waals surface area (Å²) < 4.78 is 4.64. The van der Waals surface area contributed by atoms with E-state index in [-0.39, 0.29) is 61.4 Å². The molecular formula is C8H15AcO2-. The van der Waals surface area contributed by atoms with E-state index in [0.29, 0.717) is 0 Å². The first-order valence-corrected chi connectivity index (χ1v) is 3.34. The standard InChI is InChI=1S/C8H15O2.Ac/c1-6(10-5)7(9)8(2,3)4;/h6H,5H2,1-4H3;/q-1;. The third kappa shape index (κ3) is 5.33. The maximum absolute atomic E-state index is 11.2. The van der Waals surface area contributed by atoms with Gasteiger partial charge in [-0.1, -0.05) is 20.8 Å². The summed E-state index contributed by atoms with van der Waals surface area (Å²) in [6.45, 7) is 7.31. The summed E-state index contributed by atoms with van der Waals surface area (Å²) in [6, 6.07) is 0. The van der Waals surface area contributed by atoms with Crippen molar-refractivity contribution < 1.29 is 53.6 Å². The first-order chi connectivity index (χ1) is 4.39. The number of carbonyl (C=O) groups is 1. The summed E-state index contributed by atoms with van der Waals surface area (Å²) >= 11 is 0. The smallest absolute Gasteiger partial charge is 0.163 e. The fourth-order valence-electron chi connectivity index (χ4n) is 0.685. The minimum atomic E-state index is -0.389. The number of hydrogen-bond donors (Lipinski definition) is 0. The molecule has 0 aromatic rings. The maximum atomic E-state index is 11.2. The minimum Gasteiger partial charge on any atom is -0.547 e. The Labute approximate surface area is 105 Å². The van der Waals surface area contributed by atoms with Gasteiger partial charge in [0, 0.05) is 49.5 Å². The maximum Gasteiger partial charge on any atom is 0.163 e. The van der Waals surface area contributed by atoms with Gasteiger partial charge in [0.15, 0.2) is 5.78 Å². The fourth-order valence-corrected chi connectivity index (χ4v) is 0.685. The number of ketones is 1. The normalized spacial score (nSPS) is 13.5. The average molecular weight is 370 g/mol. The molecule has 0 aromatic carbocycles. The minimum absolute atomic E-state index is 0. The SMILES string of the molecule is [Ac].[CH2-]OC(C)C(=O)C(C)(C)C. The van der Waals surface area contributed by atoms with Crippen LogP contribution >= 0.6 is 0 Å². The molecule has 0 aliphatic rings. The summed E-state index contributed by atoms with van der Waals surface area (Å²) in [4.78, 5) is 11.2. The molecule has 0 saturated carbocycles. The third-order valence-electron chi connectivity index (χ3n) is 1.36. The molecule has 0 amide bonds. The predicted molar refractivity (Wildman–Crippen MR) is 40.4 cm³/mol. The van der Waals surface area contributed by atoms with Gasteiger partial charge < -0.3 is 4.74 Å². The average Bonchev–Trinajstić information content (AvgIpc) is 1.83. The van der Waals surface area contributed by atoms with E-state index in [1.54, 1.807) is 6.92 Å². The van der Waals surface area contributed by atoms with Crippen molar-refractivity contribution in [3.8, 4) is 0 Å². The van der Waals surface area contributed by atoms with Crippen LogP contribution in [0, 0.1) is 56.6 Å². The number of ether oxygens (including phenoxy) is 1. The summed E-state index contributed by atoms with van der Waals surface area (Å²) in [5, 5.41) is 0. The van der Waals surface area contributed by atoms with Crippen LogP contribution in [0.1, 0.15) is 27.7 Å². The van der Waals surface area contributed by atoms with Gasteiger partial charge >= 0.3 is 0 Å². The van der Waals surface area contributed by atoms with Crippen LogP contribution in [0.2, 0.25) is 0 Å². The Kier molecular flexibility index (Phi) is 7.52. The van der Waals surface area contributed by atoms with Crippen LogP contribution in [0.5, 0.6) is 0 Å². The van der Waals surface area contributed by atoms with Crippen molar-refractivity contribution in [3.63, 3.8) is 0 Å². The molecule has 2 nitrogen and oxygen atoms in total. The first-order valence-electron chi connectivity index (χ1n) is 3.34. The van der Waals surface area contributed by atoms with Gasteiger partial charge in [0.1, 0.15) is 0 Å². The molecule has 3 heteroatoms. The van der Waals surface area contributed by atoms with Gasteiger partial charge in [-0.3, -0.25) is 4.79 Å². The molecule has 63 valence electrons. The first kappa shape index (κ1) is 14.6. The van der Waals surface area contributed by atoms with Crippen LogP contribution in [-0.2, 0) is 9.53 Å². The Bertz CT molecular complexity index is 127. The molecule has 0 aliphatic heterocycles. The van der Waals surface area contributed by atoms with Gasteiger partial charge in [0.2, 0.25) is 0 Å². The number of Topliss-reactive ketones (excluding diaryl/α,β-unsaturated/α-hetero) is 1. The van der Waals surface area contributed by atoms with Crippen molar-refractivity contribution >= 4 is 5.78 Å². The Balaban J connectivity index is 0. The topological polar surface area (TPSA) is 26.3 Å². The monoisotopic (exact) mass is 370 g/mol. The van der Waals surface area contributed by atoms with E-state index in [1.807, 2.05) is 20.8 Å². The zero-order chi connectivity index (χ0) is 8.36. The van der Waals surface area contributed by atoms with E-state index in [1.165, 1.54) is 0 Å². The molecule has 0 aromatic heterocycles. The van der Waals surface area contributed by atoms with Crippen LogP contribution < -0.4 is 0 Å². The van der Waals surface area contributed by atoms with E-state index in [9.17, 15) is 4.79 Å². The van der Waals surface area contributed by atoms with Crippen LogP contribution in [0.3, 0.4) is 0 Å². The van der Waals surface area contributed by atoms with Crippen LogP contribution in [0.4, 0.5) is 0 Å².